The quantitative estimate of drug-likeness (QED) is 0.403. The Bertz CT molecular complexity index is 66.0. The summed E-state index contributed by atoms with van der Waals surface area (Å²) >= 11 is 1.94. The molecule has 0 aliphatic heterocycles. The predicted octanol–water partition coefficient (Wildman–Crippen LogP) is 0.0990. The third kappa shape index (κ3) is 4.00. The Morgan fingerprint density at radius 3 is 2.71 bits per heavy atom. The molecule has 0 aromatic rings. The van der Waals surface area contributed by atoms with E-state index in [0.717, 1.165) is 0 Å². The number of carbonyl (C=O) groups excluding carboxylic acids is 1. The molecule has 1 N–H and O–H groups in total. The first kappa shape index (κ1) is 7.16. The van der Waals surface area contributed by atoms with Crippen molar-refractivity contribution >= 4 is 28.5 Å². The van der Waals surface area contributed by atoms with E-state index in [4.69, 9.17) is 0 Å². The monoisotopic (exact) mass is 215 g/mol. The van der Waals surface area contributed by atoms with E-state index in [1.807, 2.05) is 22.6 Å². The minimum atomic E-state index is -0.108. The Morgan fingerprint density at radius 1 is 2.00 bits per heavy atom. The fourth-order valence-electron chi connectivity index (χ4n) is 0.141. The Morgan fingerprint density at radius 2 is 2.57 bits per heavy atom. The summed E-state index contributed by atoms with van der Waals surface area (Å²) < 4.78 is 0.436. The molecule has 42 valence electrons. The van der Waals surface area contributed by atoms with Crippen molar-refractivity contribution in [3.63, 3.8) is 0 Å². The topological polar surface area (TPSA) is 38.3 Å². The number of nitrogens with one attached hydrogen (secondary N) is 1. The second kappa shape index (κ2) is 4.32. The number of hydroxylamine groups is 1. The number of amides is 1. The number of hydrogen-bond donors (Lipinski definition) is 1. The summed E-state index contributed by atoms with van der Waals surface area (Å²) in [5.41, 5.74) is 2.15. The molecule has 7 heavy (non-hydrogen) atoms. The van der Waals surface area contributed by atoms with E-state index in [1.165, 1.54) is 7.11 Å². The molecule has 0 saturated heterocycles. The molecule has 0 unspecified atom stereocenters. The maximum atomic E-state index is 10.2. The van der Waals surface area contributed by atoms with Crippen molar-refractivity contribution in [1.82, 2.24) is 5.48 Å². The van der Waals surface area contributed by atoms with Crippen LogP contribution in [0.2, 0.25) is 0 Å². The Hall–Kier alpha value is 0.160. The number of halogens is 1. The smallest absolute Gasteiger partial charge is 0.253 e. The maximum absolute atomic E-state index is 10.2. The third-order valence-electron chi connectivity index (χ3n) is 0.337. The Kier molecular flexibility index (Phi) is 4.42. The minimum absolute atomic E-state index is 0.108. The van der Waals surface area contributed by atoms with Gasteiger partial charge in [-0.1, -0.05) is 22.6 Å². The third-order valence-corrected chi connectivity index (χ3v) is 1.03. The SMILES string of the molecule is CONC(=O)CI. The first-order valence-corrected chi connectivity index (χ1v) is 3.21. The van der Waals surface area contributed by atoms with E-state index in [9.17, 15) is 4.79 Å². The summed E-state index contributed by atoms with van der Waals surface area (Å²) in [4.78, 5) is 14.5. The summed E-state index contributed by atoms with van der Waals surface area (Å²) in [6.07, 6.45) is 0. The van der Waals surface area contributed by atoms with Gasteiger partial charge in [-0.2, -0.15) is 0 Å². The van der Waals surface area contributed by atoms with Crippen LogP contribution in [0.25, 0.3) is 0 Å². The zero-order valence-electron chi connectivity index (χ0n) is 3.90. The van der Waals surface area contributed by atoms with Gasteiger partial charge in [0.25, 0.3) is 5.91 Å². The average Bonchev–Trinajstić information content (AvgIpc) is 1.68. The molecule has 0 atom stereocenters. The van der Waals surface area contributed by atoms with Crippen LogP contribution >= 0.6 is 22.6 Å². The molecule has 4 heteroatoms. The summed E-state index contributed by atoms with van der Waals surface area (Å²) in [6.45, 7) is 0. The number of carbonyl (C=O) groups is 1. The normalized spacial score (nSPS) is 8.29. The zero-order chi connectivity index (χ0) is 5.70. The van der Waals surface area contributed by atoms with Crippen LogP contribution in [0.1, 0.15) is 0 Å². The van der Waals surface area contributed by atoms with Gasteiger partial charge in [0.15, 0.2) is 0 Å². The number of rotatable bonds is 2. The van der Waals surface area contributed by atoms with Crippen LogP contribution in [0.3, 0.4) is 0 Å². The molecular weight excluding hydrogens is 209 g/mol. The van der Waals surface area contributed by atoms with E-state index >= 15 is 0 Å². The fourth-order valence-corrected chi connectivity index (χ4v) is 0.297. The van der Waals surface area contributed by atoms with Gasteiger partial charge < -0.3 is 0 Å². The lowest BCUT2D eigenvalue weighted by atomic mass is 10.8. The van der Waals surface area contributed by atoms with Crippen LogP contribution < -0.4 is 5.48 Å². The van der Waals surface area contributed by atoms with Gasteiger partial charge in [-0.3, -0.25) is 9.63 Å². The molecule has 0 aliphatic carbocycles. The Labute approximate surface area is 55.5 Å². The highest BCUT2D eigenvalue weighted by Gasteiger charge is 1.90. The first-order chi connectivity index (χ1) is 3.31. The minimum Gasteiger partial charge on any atom is -0.277 e. The van der Waals surface area contributed by atoms with E-state index in [1.54, 1.807) is 0 Å². The van der Waals surface area contributed by atoms with Gasteiger partial charge in [0.1, 0.15) is 0 Å². The molecule has 1 amide bonds. The van der Waals surface area contributed by atoms with Crippen LogP contribution in [0.15, 0.2) is 0 Å². The Balaban J connectivity index is 3.00. The van der Waals surface area contributed by atoms with Crippen LogP contribution in [0, 0.1) is 0 Å². The molecular formula is C3H6INO2. The molecule has 3 nitrogen and oxygen atoms in total. The molecule has 0 rings (SSSR count). The van der Waals surface area contributed by atoms with Gasteiger partial charge in [0, 0.05) is 0 Å². The molecule has 0 aliphatic rings. The van der Waals surface area contributed by atoms with E-state index < -0.39 is 0 Å². The van der Waals surface area contributed by atoms with Gasteiger partial charge >= 0.3 is 0 Å². The van der Waals surface area contributed by atoms with Gasteiger partial charge in [0.2, 0.25) is 0 Å². The van der Waals surface area contributed by atoms with Gasteiger partial charge in [-0.15, -0.1) is 0 Å². The van der Waals surface area contributed by atoms with E-state index in [-0.39, 0.29) is 5.91 Å². The van der Waals surface area contributed by atoms with Crippen molar-refractivity contribution in [2.45, 2.75) is 0 Å². The van der Waals surface area contributed by atoms with Crippen LogP contribution in [-0.4, -0.2) is 17.4 Å². The predicted molar refractivity (Wildman–Crippen MR) is 34.0 cm³/mol. The van der Waals surface area contributed by atoms with Gasteiger partial charge in [-0.25, -0.2) is 5.48 Å². The molecule has 0 bridgehead atoms. The van der Waals surface area contributed by atoms with Crippen LogP contribution in [0.5, 0.6) is 0 Å². The van der Waals surface area contributed by atoms with Crippen molar-refractivity contribution in [1.29, 1.82) is 0 Å². The molecule has 0 saturated carbocycles. The van der Waals surface area contributed by atoms with Crippen molar-refractivity contribution in [3.8, 4) is 0 Å². The number of hydrogen-bond acceptors (Lipinski definition) is 2. The highest BCUT2D eigenvalue weighted by atomic mass is 127. The molecule has 0 fully saturated rings. The van der Waals surface area contributed by atoms with Crippen molar-refractivity contribution in [2.24, 2.45) is 0 Å². The lowest BCUT2D eigenvalue weighted by Crippen LogP contribution is -2.22. The largest absolute Gasteiger partial charge is 0.277 e. The summed E-state index contributed by atoms with van der Waals surface area (Å²) in [5.74, 6) is -0.108. The average molecular weight is 215 g/mol. The lowest BCUT2D eigenvalue weighted by Gasteiger charge is -1.93. The van der Waals surface area contributed by atoms with Crippen molar-refractivity contribution in [2.75, 3.05) is 11.5 Å². The molecule has 0 spiro atoms. The maximum Gasteiger partial charge on any atom is 0.253 e. The summed E-state index contributed by atoms with van der Waals surface area (Å²) in [6, 6.07) is 0. The molecule has 0 aromatic heterocycles. The summed E-state index contributed by atoms with van der Waals surface area (Å²) in [5, 5.41) is 0. The summed E-state index contributed by atoms with van der Waals surface area (Å²) in [7, 11) is 1.41. The van der Waals surface area contributed by atoms with E-state index in [0.29, 0.717) is 4.43 Å². The molecule has 0 heterocycles. The highest BCUT2D eigenvalue weighted by molar-refractivity contribution is 14.1. The van der Waals surface area contributed by atoms with Crippen molar-refractivity contribution < 1.29 is 9.63 Å². The van der Waals surface area contributed by atoms with Gasteiger partial charge in [0.05, 0.1) is 11.5 Å². The van der Waals surface area contributed by atoms with Gasteiger partial charge in [-0.05, 0) is 0 Å². The second-order valence-corrected chi connectivity index (χ2v) is 1.63. The second-order valence-electron chi connectivity index (χ2n) is 0.863. The van der Waals surface area contributed by atoms with E-state index in [2.05, 4.69) is 10.3 Å². The van der Waals surface area contributed by atoms with Crippen LogP contribution in [0.4, 0.5) is 0 Å². The van der Waals surface area contributed by atoms with Crippen molar-refractivity contribution in [3.05, 3.63) is 0 Å². The molecule has 0 radical (unpaired) electrons. The first-order valence-electron chi connectivity index (χ1n) is 1.69. The lowest BCUT2D eigenvalue weighted by molar-refractivity contribution is -0.128. The molecule has 0 aromatic carbocycles. The zero-order valence-corrected chi connectivity index (χ0v) is 6.06. The standard InChI is InChI=1S/C3H6INO2/c1-7-5-3(6)2-4/h2H2,1H3,(H,5,6). The number of alkyl halides is 1. The van der Waals surface area contributed by atoms with Crippen LogP contribution in [-0.2, 0) is 9.63 Å². The fraction of sp³-hybridized carbons (Fsp3) is 0.667. The highest BCUT2D eigenvalue weighted by Crippen LogP contribution is 1.77.